The van der Waals surface area contributed by atoms with Crippen LogP contribution in [0.3, 0.4) is 0 Å². The van der Waals surface area contributed by atoms with Gasteiger partial charge in [-0.2, -0.15) is 11.8 Å². The van der Waals surface area contributed by atoms with Gasteiger partial charge in [0.1, 0.15) is 5.52 Å². The van der Waals surface area contributed by atoms with Gasteiger partial charge in [-0.25, -0.2) is 4.98 Å². The molecule has 86 valence electrons. The highest BCUT2D eigenvalue weighted by molar-refractivity contribution is 7.98. The molecule has 3 nitrogen and oxygen atoms in total. The van der Waals surface area contributed by atoms with E-state index in [1.807, 2.05) is 30.0 Å². The van der Waals surface area contributed by atoms with Crippen LogP contribution in [-0.4, -0.2) is 10.7 Å². The topological polar surface area (TPSA) is 52.0 Å². The summed E-state index contributed by atoms with van der Waals surface area (Å²) >= 11 is 1.86. The van der Waals surface area contributed by atoms with Crippen LogP contribution in [-0.2, 0) is 5.75 Å². The molecular formula is C12H16N2OS. The van der Waals surface area contributed by atoms with Gasteiger partial charge in [0.05, 0.1) is 5.75 Å². The van der Waals surface area contributed by atoms with Gasteiger partial charge in [0.2, 0.25) is 5.89 Å². The first kappa shape index (κ1) is 11.3. The van der Waals surface area contributed by atoms with Crippen molar-refractivity contribution in [3.8, 4) is 0 Å². The summed E-state index contributed by atoms with van der Waals surface area (Å²) in [6, 6.07) is 5.57. The fourth-order valence-corrected chi connectivity index (χ4v) is 2.39. The first-order valence-electron chi connectivity index (χ1n) is 5.52. The maximum Gasteiger partial charge on any atom is 0.205 e. The number of benzene rings is 1. The van der Waals surface area contributed by atoms with Crippen LogP contribution in [0.1, 0.15) is 25.7 Å². The van der Waals surface area contributed by atoms with Gasteiger partial charge in [0, 0.05) is 11.8 Å². The van der Waals surface area contributed by atoms with Gasteiger partial charge in [-0.15, -0.1) is 0 Å². The van der Waals surface area contributed by atoms with Gasteiger partial charge in [-0.1, -0.05) is 13.3 Å². The second-order valence-corrected chi connectivity index (χ2v) is 4.85. The molecule has 0 saturated heterocycles. The number of aromatic nitrogens is 1. The number of unbranched alkanes of at least 4 members (excludes halogenated alkanes) is 1. The van der Waals surface area contributed by atoms with E-state index in [9.17, 15) is 0 Å². The Morgan fingerprint density at radius 1 is 1.44 bits per heavy atom. The quantitative estimate of drug-likeness (QED) is 0.638. The lowest BCUT2D eigenvalue weighted by atomic mass is 10.3. The van der Waals surface area contributed by atoms with E-state index in [1.54, 1.807) is 0 Å². The average Bonchev–Trinajstić information content (AvgIpc) is 2.66. The highest BCUT2D eigenvalue weighted by atomic mass is 32.2. The first-order valence-corrected chi connectivity index (χ1v) is 6.67. The van der Waals surface area contributed by atoms with Gasteiger partial charge in [-0.05, 0) is 24.3 Å². The van der Waals surface area contributed by atoms with E-state index >= 15 is 0 Å². The molecule has 0 aliphatic heterocycles. The molecule has 2 aromatic rings. The smallest absolute Gasteiger partial charge is 0.205 e. The molecule has 0 atom stereocenters. The number of nitrogens with two attached hydrogens (primary N) is 1. The van der Waals surface area contributed by atoms with Crippen LogP contribution in [0, 0.1) is 0 Å². The molecule has 16 heavy (non-hydrogen) atoms. The minimum absolute atomic E-state index is 0.717. The number of thioether (sulfide) groups is 1. The van der Waals surface area contributed by atoms with Gasteiger partial charge in [0.15, 0.2) is 5.58 Å². The SMILES string of the molecule is CCCCSCc1nc2ccc(N)cc2o1. The molecule has 4 heteroatoms. The minimum atomic E-state index is 0.717. The van der Waals surface area contributed by atoms with Crippen molar-refractivity contribution in [1.29, 1.82) is 0 Å². The Balaban J connectivity index is 2.02. The third-order valence-corrected chi connectivity index (χ3v) is 3.35. The molecule has 0 spiro atoms. The van der Waals surface area contributed by atoms with E-state index in [-0.39, 0.29) is 0 Å². The van der Waals surface area contributed by atoms with Crippen molar-refractivity contribution in [1.82, 2.24) is 4.98 Å². The first-order chi connectivity index (χ1) is 7.79. The maximum absolute atomic E-state index is 5.68. The molecule has 0 saturated carbocycles. The van der Waals surface area contributed by atoms with E-state index in [4.69, 9.17) is 10.2 Å². The van der Waals surface area contributed by atoms with Crippen LogP contribution in [0.4, 0.5) is 5.69 Å². The number of nitrogens with zero attached hydrogens (tertiary/aromatic N) is 1. The minimum Gasteiger partial charge on any atom is -0.440 e. The van der Waals surface area contributed by atoms with Gasteiger partial charge >= 0.3 is 0 Å². The van der Waals surface area contributed by atoms with E-state index in [0.29, 0.717) is 5.69 Å². The van der Waals surface area contributed by atoms with Crippen LogP contribution in [0.15, 0.2) is 22.6 Å². The van der Waals surface area contributed by atoms with Gasteiger partial charge in [0.25, 0.3) is 0 Å². The zero-order valence-corrected chi connectivity index (χ0v) is 10.2. The Kier molecular flexibility index (Phi) is 3.72. The summed E-state index contributed by atoms with van der Waals surface area (Å²) < 4.78 is 5.62. The molecule has 0 aliphatic rings. The Hall–Kier alpha value is -1.16. The van der Waals surface area contributed by atoms with Gasteiger partial charge in [-0.3, -0.25) is 0 Å². The summed E-state index contributed by atoms with van der Waals surface area (Å²) in [5, 5.41) is 0. The molecule has 1 aromatic carbocycles. The molecule has 0 fully saturated rings. The van der Waals surface area contributed by atoms with Crippen molar-refractivity contribution in [2.75, 3.05) is 11.5 Å². The monoisotopic (exact) mass is 236 g/mol. The predicted molar refractivity (Wildman–Crippen MR) is 69.5 cm³/mol. The molecule has 0 aliphatic carbocycles. The standard InChI is InChI=1S/C12H16N2OS/c1-2-3-6-16-8-12-14-10-5-4-9(13)7-11(10)15-12/h4-5,7H,2-3,6,8,13H2,1H3. The second-order valence-electron chi connectivity index (χ2n) is 3.74. The summed E-state index contributed by atoms with van der Waals surface area (Å²) in [7, 11) is 0. The fourth-order valence-electron chi connectivity index (χ4n) is 1.46. The van der Waals surface area contributed by atoms with Crippen molar-refractivity contribution in [3.05, 3.63) is 24.1 Å². The van der Waals surface area contributed by atoms with Crippen LogP contribution >= 0.6 is 11.8 Å². The molecule has 0 radical (unpaired) electrons. The van der Waals surface area contributed by atoms with Crippen LogP contribution in [0.5, 0.6) is 0 Å². The third kappa shape index (κ3) is 2.70. The van der Waals surface area contributed by atoms with Crippen molar-refractivity contribution in [2.45, 2.75) is 25.5 Å². The highest BCUT2D eigenvalue weighted by Crippen LogP contribution is 2.21. The molecule has 1 aromatic heterocycles. The highest BCUT2D eigenvalue weighted by Gasteiger charge is 2.05. The number of fused-ring (bicyclic) bond motifs is 1. The van der Waals surface area contributed by atoms with Crippen LogP contribution < -0.4 is 5.73 Å². The maximum atomic E-state index is 5.68. The summed E-state index contributed by atoms with van der Waals surface area (Å²) in [5.74, 6) is 2.80. The number of nitrogen functional groups attached to an aromatic ring is 1. The number of rotatable bonds is 5. The number of hydrogen-bond acceptors (Lipinski definition) is 4. The van der Waals surface area contributed by atoms with Crippen molar-refractivity contribution >= 4 is 28.5 Å². The molecule has 1 heterocycles. The molecule has 0 amide bonds. The molecule has 0 unspecified atom stereocenters. The number of hydrogen-bond donors (Lipinski definition) is 1. The lowest BCUT2D eigenvalue weighted by Crippen LogP contribution is -1.82. The summed E-state index contributed by atoms with van der Waals surface area (Å²) in [6.07, 6.45) is 2.48. The fraction of sp³-hybridized carbons (Fsp3) is 0.417. The average molecular weight is 236 g/mol. The molecule has 0 bridgehead atoms. The predicted octanol–water partition coefficient (Wildman–Crippen LogP) is 3.44. The van der Waals surface area contributed by atoms with Crippen molar-refractivity contribution in [3.63, 3.8) is 0 Å². The zero-order valence-electron chi connectivity index (χ0n) is 9.40. The van der Waals surface area contributed by atoms with Crippen molar-refractivity contribution in [2.24, 2.45) is 0 Å². The van der Waals surface area contributed by atoms with E-state index < -0.39 is 0 Å². The number of oxazole rings is 1. The molecular weight excluding hydrogens is 220 g/mol. The van der Waals surface area contributed by atoms with E-state index in [2.05, 4.69) is 11.9 Å². The summed E-state index contributed by atoms with van der Waals surface area (Å²) in [5.41, 5.74) is 8.07. The Bertz CT molecular complexity index is 467. The number of anilines is 1. The Morgan fingerprint density at radius 3 is 3.12 bits per heavy atom. The van der Waals surface area contributed by atoms with Gasteiger partial charge < -0.3 is 10.2 Å². The van der Waals surface area contributed by atoms with Crippen LogP contribution in [0.2, 0.25) is 0 Å². The summed E-state index contributed by atoms with van der Waals surface area (Å²) in [4.78, 5) is 4.41. The molecule has 2 N–H and O–H groups in total. The largest absolute Gasteiger partial charge is 0.440 e. The lowest BCUT2D eigenvalue weighted by molar-refractivity contribution is 0.556. The normalized spacial score (nSPS) is 11.1. The molecule has 2 rings (SSSR count). The summed E-state index contributed by atoms with van der Waals surface area (Å²) in [6.45, 7) is 2.20. The zero-order chi connectivity index (χ0) is 11.4. The Labute approximate surface area is 99.4 Å². The Morgan fingerprint density at radius 2 is 2.31 bits per heavy atom. The second kappa shape index (κ2) is 5.25. The van der Waals surface area contributed by atoms with Crippen molar-refractivity contribution < 1.29 is 4.42 Å². The lowest BCUT2D eigenvalue weighted by Gasteiger charge is -1.95. The van der Waals surface area contributed by atoms with E-state index in [0.717, 1.165) is 28.5 Å². The third-order valence-electron chi connectivity index (χ3n) is 2.32. The van der Waals surface area contributed by atoms with E-state index in [1.165, 1.54) is 12.8 Å². The van der Waals surface area contributed by atoms with Crippen LogP contribution in [0.25, 0.3) is 11.1 Å².